The van der Waals surface area contributed by atoms with E-state index in [4.69, 9.17) is 10.2 Å². The van der Waals surface area contributed by atoms with E-state index in [2.05, 4.69) is 4.98 Å². The summed E-state index contributed by atoms with van der Waals surface area (Å²) in [5.74, 6) is -0.0379. The van der Waals surface area contributed by atoms with Crippen molar-refractivity contribution >= 4 is 0 Å². The Morgan fingerprint density at radius 2 is 1.92 bits per heavy atom. The van der Waals surface area contributed by atoms with E-state index in [0.717, 1.165) is 0 Å². The van der Waals surface area contributed by atoms with Crippen LogP contribution in [0.15, 0.2) is 6.20 Å². The molecule has 0 unspecified atom stereocenters. The molecule has 0 radical (unpaired) electrons. The summed E-state index contributed by atoms with van der Waals surface area (Å²) >= 11 is 0. The molecule has 0 saturated heterocycles. The van der Waals surface area contributed by atoms with Gasteiger partial charge in [0.2, 0.25) is 0 Å². The number of rotatable bonds is 2. The van der Waals surface area contributed by atoms with Crippen LogP contribution >= 0.6 is 0 Å². The number of aromatic hydroxyl groups is 1. The van der Waals surface area contributed by atoms with E-state index in [0.29, 0.717) is 16.8 Å². The Hall–Kier alpha value is -1.17. The fourth-order valence-electron chi connectivity index (χ4n) is 0.997. The Morgan fingerprint density at radius 3 is 2.38 bits per heavy atom. The molecule has 1 rings (SSSR count). The van der Waals surface area contributed by atoms with Gasteiger partial charge in [0.15, 0.2) is 0 Å². The molecule has 0 atom stereocenters. The SMILES string of the molecule is Cc1ncc(CO)c(CO)c1O.N. The highest BCUT2D eigenvalue weighted by atomic mass is 16.3. The van der Waals surface area contributed by atoms with Crippen molar-refractivity contribution in [1.29, 1.82) is 0 Å². The van der Waals surface area contributed by atoms with Crippen molar-refractivity contribution in [2.45, 2.75) is 20.1 Å². The maximum absolute atomic E-state index is 9.38. The third-order valence-electron chi connectivity index (χ3n) is 1.76. The largest absolute Gasteiger partial charge is 0.506 e. The quantitative estimate of drug-likeness (QED) is 0.529. The second-order valence-electron chi connectivity index (χ2n) is 2.51. The second kappa shape index (κ2) is 4.76. The van der Waals surface area contributed by atoms with Crippen LogP contribution in [0, 0.1) is 6.92 Å². The Balaban J connectivity index is 0.00000144. The van der Waals surface area contributed by atoms with E-state index in [1.54, 1.807) is 6.92 Å². The zero-order valence-electron chi connectivity index (χ0n) is 7.49. The fourth-order valence-corrected chi connectivity index (χ4v) is 0.997. The molecule has 0 amide bonds. The van der Waals surface area contributed by atoms with E-state index >= 15 is 0 Å². The summed E-state index contributed by atoms with van der Waals surface area (Å²) in [6, 6.07) is 0. The van der Waals surface area contributed by atoms with Crippen molar-refractivity contribution < 1.29 is 15.3 Å². The van der Waals surface area contributed by atoms with Gasteiger partial charge >= 0.3 is 0 Å². The van der Waals surface area contributed by atoms with Gasteiger partial charge in [-0.1, -0.05) is 0 Å². The number of aryl methyl sites for hydroxylation is 1. The first-order valence-electron chi connectivity index (χ1n) is 3.58. The Kier molecular flexibility index (Phi) is 4.33. The van der Waals surface area contributed by atoms with Crippen LogP contribution in [0.5, 0.6) is 5.75 Å². The predicted octanol–water partition coefficient (Wildman–Crippen LogP) is 0.242. The number of aromatic nitrogens is 1. The van der Waals surface area contributed by atoms with Crippen LogP contribution in [0.3, 0.4) is 0 Å². The monoisotopic (exact) mass is 186 g/mol. The maximum atomic E-state index is 9.38. The molecule has 5 nitrogen and oxygen atoms in total. The number of aliphatic hydroxyl groups is 2. The van der Waals surface area contributed by atoms with Crippen LogP contribution in [0.1, 0.15) is 16.8 Å². The molecule has 1 aromatic heterocycles. The molecule has 13 heavy (non-hydrogen) atoms. The maximum Gasteiger partial charge on any atom is 0.142 e. The molecule has 0 aliphatic heterocycles. The molecule has 0 fully saturated rings. The summed E-state index contributed by atoms with van der Waals surface area (Å²) in [5, 5.41) is 27.0. The van der Waals surface area contributed by atoms with E-state index in [1.807, 2.05) is 0 Å². The molecule has 74 valence electrons. The normalized spacial score (nSPS) is 9.46. The van der Waals surface area contributed by atoms with Crippen LogP contribution in [0.2, 0.25) is 0 Å². The smallest absolute Gasteiger partial charge is 0.142 e. The fraction of sp³-hybridized carbons (Fsp3) is 0.375. The van der Waals surface area contributed by atoms with Crippen LogP contribution in [-0.4, -0.2) is 20.3 Å². The Labute approximate surface area is 76.3 Å². The van der Waals surface area contributed by atoms with Gasteiger partial charge in [-0.2, -0.15) is 0 Å². The zero-order chi connectivity index (χ0) is 9.14. The third-order valence-corrected chi connectivity index (χ3v) is 1.76. The summed E-state index contributed by atoms with van der Waals surface area (Å²) < 4.78 is 0. The van der Waals surface area contributed by atoms with Crippen LogP contribution in [0.25, 0.3) is 0 Å². The minimum absolute atomic E-state index is 0. The van der Waals surface area contributed by atoms with E-state index in [9.17, 15) is 5.11 Å². The predicted molar refractivity (Wildman–Crippen MR) is 47.5 cm³/mol. The first-order valence-corrected chi connectivity index (χ1v) is 3.58. The van der Waals surface area contributed by atoms with E-state index in [-0.39, 0.29) is 25.1 Å². The first kappa shape index (κ1) is 11.8. The molecule has 6 N–H and O–H groups in total. The minimum Gasteiger partial charge on any atom is -0.506 e. The summed E-state index contributed by atoms with van der Waals surface area (Å²) in [5.41, 5.74) is 1.27. The summed E-state index contributed by atoms with van der Waals surface area (Å²) in [6.07, 6.45) is 1.45. The molecular weight excluding hydrogens is 172 g/mol. The average Bonchev–Trinajstić information content (AvgIpc) is 2.09. The number of nitrogens with zero attached hydrogens (tertiary/aromatic N) is 1. The van der Waals surface area contributed by atoms with Crippen molar-refractivity contribution in [3.63, 3.8) is 0 Å². The minimum atomic E-state index is -0.287. The van der Waals surface area contributed by atoms with Gasteiger partial charge in [-0.3, -0.25) is 4.98 Å². The highest BCUT2D eigenvalue weighted by molar-refractivity contribution is 5.39. The van der Waals surface area contributed by atoms with E-state index < -0.39 is 0 Å². The molecule has 0 aromatic carbocycles. The summed E-state index contributed by atoms with van der Waals surface area (Å²) in [6.45, 7) is 1.12. The van der Waals surface area contributed by atoms with Crippen molar-refractivity contribution in [2.24, 2.45) is 0 Å². The Bertz CT molecular complexity index is 289. The molecular formula is C8H14N2O3. The standard InChI is InChI=1S/C8H11NO3.H3N/c1-5-8(12)7(4-11)6(3-10)2-9-5;/h2,10-12H,3-4H2,1H3;1H3. The molecule has 0 bridgehead atoms. The lowest BCUT2D eigenvalue weighted by atomic mass is 10.1. The lowest BCUT2D eigenvalue weighted by Gasteiger charge is -2.07. The number of pyridine rings is 1. The highest BCUT2D eigenvalue weighted by Gasteiger charge is 2.09. The molecule has 1 aromatic rings. The molecule has 0 aliphatic carbocycles. The van der Waals surface area contributed by atoms with Gasteiger partial charge < -0.3 is 21.5 Å². The van der Waals surface area contributed by atoms with Gasteiger partial charge in [0.25, 0.3) is 0 Å². The molecule has 0 spiro atoms. The molecule has 5 heteroatoms. The van der Waals surface area contributed by atoms with Gasteiger partial charge in [-0.15, -0.1) is 0 Å². The van der Waals surface area contributed by atoms with Crippen molar-refractivity contribution in [3.8, 4) is 5.75 Å². The van der Waals surface area contributed by atoms with Crippen LogP contribution < -0.4 is 6.15 Å². The van der Waals surface area contributed by atoms with Gasteiger partial charge in [0, 0.05) is 17.3 Å². The van der Waals surface area contributed by atoms with Gasteiger partial charge in [0.05, 0.1) is 18.9 Å². The molecule has 0 aliphatic rings. The second-order valence-corrected chi connectivity index (χ2v) is 2.51. The lowest BCUT2D eigenvalue weighted by Crippen LogP contribution is -1.98. The average molecular weight is 186 g/mol. The van der Waals surface area contributed by atoms with Gasteiger partial charge in [-0.05, 0) is 6.92 Å². The summed E-state index contributed by atoms with van der Waals surface area (Å²) in [7, 11) is 0. The summed E-state index contributed by atoms with van der Waals surface area (Å²) in [4.78, 5) is 3.84. The highest BCUT2D eigenvalue weighted by Crippen LogP contribution is 2.23. The van der Waals surface area contributed by atoms with Crippen molar-refractivity contribution in [2.75, 3.05) is 0 Å². The first-order chi connectivity index (χ1) is 5.70. The topological polar surface area (TPSA) is 109 Å². The number of hydrogen-bond acceptors (Lipinski definition) is 5. The van der Waals surface area contributed by atoms with E-state index in [1.165, 1.54) is 6.20 Å². The zero-order valence-corrected chi connectivity index (χ0v) is 7.49. The van der Waals surface area contributed by atoms with Gasteiger partial charge in [-0.25, -0.2) is 0 Å². The molecule has 1 heterocycles. The Morgan fingerprint density at radius 1 is 1.31 bits per heavy atom. The third kappa shape index (κ3) is 2.15. The molecule has 0 saturated carbocycles. The number of aliphatic hydroxyl groups excluding tert-OH is 2. The lowest BCUT2D eigenvalue weighted by molar-refractivity contribution is 0.254. The van der Waals surface area contributed by atoms with Crippen LogP contribution in [-0.2, 0) is 13.2 Å². The van der Waals surface area contributed by atoms with Crippen molar-refractivity contribution in [3.05, 3.63) is 23.0 Å². The van der Waals surface area contributed by atoms with Crippen molar-refractivity contribution in [1.82, 2.24) is 11.1 Å². The number of hydrogen-bond donors (Lipinski definition) is 4. The van der Waals surface area contributed by atoms with Gasteiger partial charge in [0.1, 0.15) is 5.75 Å². The van der Waals surface area contributed by atoms with Crippen LogP contribution in [0.4, 0.5) is 0 Å².